The summed E-state index contributed by atoms with van der Waals surface area (Å²) < 4.78 is 43.6. The fourth-order valence-electron chi connectivity index (χ4n) is 3.76. The Kier molecular flexibility index (Phi) is 9.66. The molecule has 1 N–H and O–H groups in total. The van der Waals surface area contributed by atoms with E-state index in [1.54, 1.807) is 19.1 Å². The molecule has 0 aliphatic rings. The maximum Gasteiger partial charge on any atom is 0.330 e. The van der Waals surface area contributed by atoms with E-state index in [4.69, 9.17) is 9.16 Å². The number of rotatable bonds is 10. The highest BCUT2D eigenvalue weighted by Gasteiger charge is 2.51. The molecule has 3 aromatic carbocycles. The van der Waals surface area contributed by atoms with E-state index in [0.29, 0.717) is 5.56 Å². The molecule has 2 atom stereocenters. The van der Waals surface area contributed by atoms with Gasteiger partial charge in [0, 0.05) is 4.47 Å². The van der Waals surface area contributed by atoms with Crippen LogP contribution in [0.2, 0.25) is 18.1 Å². The van der Waals surface area contributed by atoms with Crippen LogP contribution in [0.25, 0.3) is 0 Å². The number of ether oxygens (including phenoxy) is 1. The van der Waals surface area contributed by atoms with Gasteiger partial charge in [-0.25, -0.2) is 13.2 Å². The van der Waals surface area contributed by atoms with Crippen molar-refractivity contribution >= 4 is 40.2 Å². The normalized spacial score (nSPS) is 14.9. The highest BCUT2D eigenvalue weighted by atomic mass is 79.9. The zero-order valence-corrected chi connectivity index (χ0v) is 27.0. The standard InChI is InChI=1S/C30H38BrNO5SSi/c1-22-13-19-26(20-14-22)38(34,35)32-30(5,28(33)36-21-23-11-9-8-10-12-23)27(24-15-17-25(31)18-16-24)37-39(6,7)29(2,3)4/h8-20,27,32H,21H2,1-7H3/t27-,30-/m0/s1. The Morgan fingerprint density at radius 2 is 1.49 bits per heavy atom. The van der Waals surface area contributed by atoms with Gasteiger partial charge in [0.25, 0.3) is 0 Å². The summed E-state index contributed by atoms with van der Waals surface area (Å²) in [5, 5.41) is -0.203. The first-order valence-electron chi connectivity index (χ1n) is 12.8. The molecule has 9 heteroatoms. The predicted octanol–water partition coefficient (Wildman–Crippen LogP) is 7.30. The second kappa shape index (κ2) is 12.1. The average molecular weight is 633 g/mol. The van der Waals surface area contributed by atoms with Gasteiger partial charge in [-0.05, 0) is 67.4 Å². The Hall–Kier alpha value is -2.30. The summed E-state index contributed by atoms with van der Waals surface area (Å²) in [6, 6.07) is 23.1. The second-order valence-corrected chi connectivity index (χ2v) is 18.8. The molecule has 3 rings (SSSR count). The Labute approximate surface area is 242 Å². The van der Waals surface area contributed by atoms with Gasteiger partial charge in [-0.2, -0.15) is 4.72 Å². The third-order valence-electron chi connectivity index (χ3n) is 7.23. The summed E-state index contributed by atoms with van der Waals surface area (Å²) in [5.41, 5.74) is 0.587. The van der Waals surface area contributed by atoms with Gasteiger partial charge in [0.05, 0.1) is 4.90 Å². The van der Waals surface area contributed by atoms with E-state index in [9.17, 15) is 13.2 Å². The second-order valence-electron chi connectivity index (χ2n) is 11.5. The minimum atomic E-state index is -4.14. The van der Waals surface area contributed by atoms with Gasteiger partial charge in [0.2, 0.25) is 10.0 Å². The van der Waals surface area contributed by atoms with Crippen molar-refractivity contribution < 1.29 is 22.4 Å². The molecule has 0 aliphatic heterocycles. The molecule has 0 unspecified atom stereocenters. The van der Waals surface area contributed by atoms with Crippen molar-refractivity contribution in [3.8, 4) is 0 Å². The molecule has 0 aromatic heterocycles. The first-order valence-corrected chi connectivity index (χ1v) is 18.0. The van der Waals surface area contributed by atoms with Crippen LogP contribution >= 0.6 is 15.9 Å². The van der Waals surface area contributed by atoms with Gasteiger partial charge in [-0.3, -0.25) is 0 Å². The summed E-state index contributed by atoms with van der Waals surface area (Å²) in [5.74, 6) is -0.728. The molecular formula is C30H38BrNO5SSi. The van der Waals surface area contributed by atoms with Gasteiger partial charge in [0.1, 0.15) is 12.7 Å². The largest absolute Gasteiger partial charge is 0.459 e. The SMILES string of the molecule is Cc1ccc(S(=O)(=O)N[C@](C)(C(=O)OCc2ccccc2)[C@@H](O[Si](C)(C)C(C)(C)C)c2ccc(Br)cc2)cc1. The van der Waals surface area contributed by atoms with Gasteiger partial charge in [0.15, 0.2) is 13.9 Å². The maximum absolute atomic E-state index is 14.0. The number of hydrogen-bond acceptors (Lipinski definition) is 5. The van der Waals surface area contributed by atoms with Crippen LogP contribution in [0.3, 0.4) is 0 Å². The summed E-state index contributed by atoms with van der Waals surface area (Å²) in [4.78, 5) is 14.0. The molecule has 210 valence electrons. The third kappa shape index (κ3) is 7.67. The Balaban J connectivity index is 2.14. The molecule has 0 fully saturated rings. The van der Waals surface area contributed by atoms with Crippen molar-refractivity contribution in [3.05, 3.63) is 100 Å². The molecule has 0 radical (unpaired) electrons. The van der Waals surface area contributed by atoms with E-state index in [2.05, 4.69) is 54.5 Å². The van der Waals surface area contributed by atoms with Gasteiger partial charge >= 0.3 is 5.97 Å². The number of halogens is 1. The number of benzene rings is 3. The minimum Gasteiger partial charge on any atom is -0.459 e. The van der Waals surface area contributed by atoms with Gasteiger partial charge < -0.3 is 9.16 Å². The average Bonchev–Trinajstić information content (AvgIpc) is 2.86. The van der Waals surface area contributed by atoms with Crippen molar-refractivity contribution in [2.24, 2.45) is 0 Å². The van der Waals surface area contributed by atoms with Crippen LogP contribution in [0.15, 0.2) is 88.2 Å². The smallest absolute Gasteiger partial charge is 0.330 e. The number of carbonyl (C=O) groups excluding carboxylic acids is 1. The number of aryl methyl sites for hydroxylation is 1. The molecule has 0 bridgehead atoms. The van der Waals surface area contributed by atoms with Crippen molar-refractivity contribution in [2.45, 2.75) is 75.9 Å². The fourth-order valence-corrected chi connectivity index (χ4v) is 6.70. The summed E-state index contributed by atoms with van der Waals surface area (Å²) >= 11 is 3.47. The molecule has 0 spiro atoms. The zero-order valence-electron chi connectivity index (χ0n) is 23.6. The van der Waals surface area contributed by atoms with Crippen LogP contribution in [-0.2, 0) is 30.6 Å². The van der Waals surface area contributed by atoms with Crippen molar-refractivity contribution in [3.63, 3.8) is 0 Å². The molecule has 0 heterocycles. The molecule has 39 heavy (non-hydrogen) atoms. The topological polar surface area (TPSA) is 81.7 Å². The van der Waals surface area contributed by atoms with Crippen LogP contribution in [0.1, 0.15) is 50.5 Å². The molecule has 0 amide bonds. The summed E-state index contributed by atoms with van der Waals surface area (Å²) in [7, 11) is -6.66. The van der Waals surface area contributed by atoms with Crippen molar-refractivity contribution in [2.75, 3.05) is 0 Å². The quantitative estimate of drug-likeness (QED) is 0.187. The summed E-state index contributed by atoms with van der Waals surface area (Å²) in [6.45, 7) is 13.9. The van der Waals surface area contributed by atoms with E-state index >= 15 is 0 Å². The van der Waals surface area contributed by atoms with Crippen LogP contribution in [0.5, 0.6) is 0 Å². The number of sulfonamides is 1. The lowest BCUT2D eigenvalue weighted by atomic mass is 9.90. The lowest BCUT2D eigenvalue weighted by molar-refractivity contribution is -0.156. The van der Waals surface area contributed by atoms with Crippen LogP contribution < -0.4 is 4.72 Å². The van der Waals surface area contributed by atoms with Gasteiger partial charge in [-0.15, -0.1) is 0 Å². The fraction of sp³-hybridized carbons (Fsp3) is 0.367. The monoisotopic (exact) mass is 631 g/mol. The van der Waals surface area contributed by atoms with E-state index in [1.807, 2.05) is 61.5 Å². The van der Waals surface area contributed by atoms with E-state index in [1.165, 1.54) is 12.1 Å². The Morgan fingerprint density at radius 1 is 0.923 bits per heavy atom. The first kappa shape index (κ1) is 31.2. The third-order valence-corrected chi connectivity index (χ3v) is 13.8. The predicted molar refractivity (Wildman–Crippen MR) is 161 cm³/mol. The van der Waals surface area contributed by atoms with Crippen LogP contribution in [-0.4, -0.2) is 28.2 Å². The molecule has 0 aliphatic carbocycles. The van der Waals surface area contributed by atoms with Gasteiger partial charge in [-0.1, -0.05) is 96.9 Å². The number of hydrogen-bond donors (Lipinski definition) is 1. The minimum absolute atomic E-state index is 0.00528. The molecule has 6 nitrogen and oxygen atoms in total. The number of carbonyl (C=O) groups is 1. The number of esters is 1. The van der Waals surface area contributed by atoms with E-state index < -0.39 is 36.0 Å². The number of nitrogens with one attached hydrogen (secondary N) is 1. The lowest BCUT2D eigenvalue weighted by Crippen LogP contribution is -2.59. The van der Waals surface area contributed by atoms with Crippen LogP contribution in [0, 0.1) is 6.92 Å². The molecule has 0 saturated carbocycles. The Bertz CT molecular complexity index is 1370. The van der Waals surface area contributed by atoms with Crippen molar-refractivity contribution in [1.29, 1.82) is 0 Å². The Morgan fingerprint density at radius 3 is 2.03 bits per heavy atom. The molecule has 0 saturated heterocycles. The van der Waals surface area contributed by atoms with E-state index in [0.717, 1.165) is 15.6 Å². The highest BCUT2D eigenvalue weighted by Crippen LogP contribution is 2.43. The molecule has 3 aromatic rings. The van der Waals surface area contributed by atoms with Crippen LogP contribution in [0.4, 0.5) is 0 Å². The lowest BCUT2D eigenvalue weighted by Gasteiger charge is -2.44. The van der Waals surface area contributed by atoms with E-state index in [-0.39, 0.29) is 16.5 Å². The highest BCUT2D eigenvalue weighted by molar-refractivity contribution is 9.10. The first-order chi connectivity index (χ1) is 18.0. The zero-order chi connectivity index (χ0) is 29.1. The molecular weight excluding hydrogens is 594 g/mol. The summed E-state index contributed by atoms with van der Waals surface area (Å²) in [6.07, 6.45) is -0.963. The van der Waals surface area contributed by atoms with Crippen molar-refractivity contribution in [1.82, 2.24) is 4.72 Å². The maximum atomic E-state index is 14.0.